The van der Waals surface area contributed by atoms with Crippen molar-refractivity contribution in [3.63, 3.8) is 0 Å². The summed E-state index contributed by atoms with van der Waals surface area (Å²) in [5.74, 6) is 1.46. The minimum atomic E-state index is -0.215. The molecule has 4 aromatic rings. The molecule has 2 aromatic heterocycles. The van der Waals surface area contributed by atoms with Crippen LogP contribution in [0.5, 0.6) is 5.75 Å². The van der Waals surface area contributed by atoms with Crippen LogP contribution in [0.4, 0.5) is 16.2 Å². The molecule has 0 saturated heterocycles. The van der Waals surface area contributed by atoms with Crippen molar-refractivity contribution in [1.82, 2.24) is 19.9 Å². The van der Waals surface area contributed by atoms with Gasteiger partial charge in [0.25, 0.3) is 0 Å². The van der Waals surface area contributed by atoms with Gasteiger partial charge in [0.15, 0.2) is 0 Å². The van der Waals surface area contributed by atoms with Crippen LogP contribution in [0.1, 0.15) is 32.4 Å². The van der Waals surface area contributed by atoms with E-state index in [1.807, 2.05) is 50.2 Å². The Morgan fingerprint density at radius 1 is 1.24 bits per heavy atom. The van der Waals surface area contributed by atoms with E-state index in [0.717, 1.165) is 51.5 Å². The number of ether oxygens (including phenoxy) is 1. The summed E-state index contributed by atoms with van der Waals surface area (Å²) in [6.45, 7) is 5.20. The summed E-state index contributed by atoms with van der Waals surface area (Å²) in [7, 11) is 0. The van der Waals surface area contributed by atoms with Crippen molar-refractivity contribution in [2.24, 2.45) is 5.92 Å². The van der Waals surface area contributed by atoms with Crippen molar-refractivity contribution < 1.29 is 9.53 Å². The molecule has 5 rings (SSSR count). The van der Waals surface area contributed by atoms with Gasteiger partial charge < -0.3 is 30.7 Å². The summed E-state index contributed by atoms with van der Waals surface area (Å²) in [4.78, 5) is 19.1. The van der Waals surface area contributed by atoms with Crippen LogP contribution in [0.15, 0.2) is 55.0 Å². The number of carbonyl (C=O) groups is 1. The van der Waals surface area contributed by atoms with Crippen LogP contribution in [0.3, 0.4) is 0 Å². The number of hydrogen-bond donors (Lipinski definition) is 4. The lowest BCUT2D eigenvalue weighted by Crippen LogP contribution is -2.34. The Morgan fingerprint density at radius 2 is 2.03 bits per heavy atom. The molecule has 2 heterocycles. The minimum absolute atomic E-state index is 0.0746. The van der Waals surface area contributed by atoms with E-state index in [4.69, 9.17) is 10.5 Å². The minimum Gasteiger partial charge on any atom is -0.487 e. The number of fused-ring (bicyclic) bond motifs is 1. The van der Waals surface area contributed by atoms with Crippen LogP contribution < -0.4 is 21.1 Å². The summed E-state index contributed by atoms with van der Waals surface area (Å²) in [6, 6.07) is 13.8. The number of hydrogen-bond acceptors (Lipinski definition) is 4. The number of nitrogens with one attached hydrogen (secondary N) is 3. The molecule has 2 aromatic carbocycles. The predicted molar refractivity (Wildman–Crippen MR) is 135 cm³/mol. The summed E-state index contributed by atoms with van der Waals surface area (Å²) in [5.41, 5.74) is 12.2. The van der Waals surface area contributed by atoms with Crippen molar-refractivity contribution in [2.45, 2.75) is 45.9 Å². The zero-order valence-electron chi connectivity index (χ0n) is 19.5. The number of anilines is 2. The van der Waals surface area contributed by atoms with E-state index in [1.165, 1.54) is 12.8 Å². The second kappa shape index (κ2) is 9.13. The van der Waals surface area contributed by atoms with Crippen molar-refractivity contribution in [2.75, 3.05) is 11.1 Å². The number of rotatable bonds is 8. The molecule has 1 saturated carbocycles. The Bertz CT molecular complexity index is 1290. The van der Waals surface area contributed by atoms with Crippen LogP contribution in [0.2, 0.25) is 0 Å². The quantitative estimate of drug-likeness (QED) is 0.293. The van der Waals surface area contributed by atoms with Crippen molar-refractivity contribution >= 4 is 28.3 Å². The van der Waals surface area contributed by atoms with Gasteiger partial charge in [0.1, 0.15) is 12.4 Å². The van der Waals surface area contributed by atoms with Gasteiger partial charge in [-0.3, -0.25) is 0 Å². The molecule has 0 radical (unpaired) electrons. The van der Waals surface area contributed by atoms with Gasteiger partial charge in [-0.25, -0.2) is 9.78 Å². The third-order valence-electron chi connectivity index (χ3n) is 6.00. The van der Waals surface area contributed by atoms with Gasteiger partial charge in [0.05, 0.1) is 35.1 Å². The molecule has 0 atom stereocenters. The van der Waals surface area contributed by atoms with Crippen molar-refractivity contribution in [1.29, 1.82) is 0 Å². The van der Waals surface area contributed by atoms with Crippen LogP contribution in [0.25, 0.3) is 22.2 Å². The number of amides is 2. The fourth-order valence-electron chi connectivity index (χ4n) is 4.17. The fourth-order valence-corrected chi connectivity index (χ4v) is 4.17. The maximum Gasteiger partial charge on any atom is 0.319 e. The van der Waals surface area contributed by atoms with E-state index < -0.39 is 0 Å². The molecule has 0 unspecified atom stereocenters. The summed E-state index contributed by atoms with van der Waals surface area (Å²) in [5, 5.41) is 6.72. The molecule has 0 aliphatic heterocycles. The zero-order chi connectivity index (χ0) is 23.7. The summed E-state index contributed by atoms with van der Waals surface area (Å²) < 4.78 is 8.32. The SMILES string of the molecule is CC(C)NC(=O)Nc1ccc(-c2c(N)c3ccc(OCc4cnc[nH]4)cc3n2CC2CC2)cc1. The maximum atomic E-state index is 12.0. The lowest BCUT2D eigenvalue weighted by atomic mass is 10.1. The Kier molecular flexibility index (Phi) is 5.88. The van der Waals surface area contributed by atoms with Gasteiger partial charge in [-0.1, -0.05) is 12.1 Å². The second-order valence-electron chi connectivity index (χ2n) is 9.19. The van der Waals surface area contributed by atoms with Crippen LogP contribution in [-0.2, 0) is 13.2 Å². The summed E-state index contributed by atoms with van der Waals surface area (Å²) in [6.07, 6.45) is 5.88. The highest BCUT2D eigenvalue weighted by molar-refractivity contribution is 6.01. The topological polar surface area (TPSA) is 110 Å². The molecular weight excluding hydrogens is 428 g/mol. The third kappa shape index (κ3) is 4.71. The largest absolute Gasteiger partial charge is 0.487 e. The van der Waals surface area contributed by atoms with Gasteiger partial charge in [0, 0.05) is 35.3 Å². The van der Waals surface area contributed by atoms with Gasteiger partial charge in [-0.15, -0.1) is 0 Å². The van der Waals surface area contributed by atoms with E-state index in [0.29, 0.717) is 12.5 Å². The molecule has 8 nitrogen and oxygen atoms in total. The molecule has 1 fully saturated rings. The molecule has 0 bridgehead atoms. The highest BCUT2D eigenvalue weighted by Crippen LogP contribution is 2.41. The Balaban J connectivity index is 1.46. The Morgan fingerprint density at radius 3 is 2.71 bits per heavy atom. The molecule has 2 amide bonds. The van der Waals surface area contributed by atoms with Gasteiger partial charge in [0.2, 0.25) is 0 Å². The smallest absolute Gasteiger partial charge is 0.319 e. The highest BCUT2D eigenvalue weighted by Gasteiger charge is 2.26. The first-order valence-corrected chi connectivity index (χ1v) is 11.7. The van der Waals surface area contributed by atoms with E-state index in [1.54, 1.807) is 12.5 Å². The van der Waals surface area contributed by atoms with Crippen molar-refractivity contribution in [3.8, 4) is 17.0 Å². The van der Waals surface area contributed by atoms with Gasteiger partial charge in [-0.05, 0) is 56.9 Å². The monoisotopic (exact) mass is 458 g/mol. The lowest BCUT2D eigenvalue weighted by Gasteiger charge is -2.13. The fraction of sp³-hybridized carbons (Fsp3) is 0.308. The van der Waals surface area contributed by atoms with Gasteiger partial charge in [-0.2, -0.15) is 0 Å². The number of H-pyrrole nitrogens is 1. The number of benzene rings is 2. The maximum absolute atomic E-state index is 12.0. The normalized spacial score (nSPS) is 13.4. The Labute approximate surface area is 198 Å². The molecule has 8 heteroatoms. The number of aromatic amines is 1. The number of aromatic nitrogens is 3. The third-order valence-corrected chi connectivity index (χ3v) is 6.00. The molecule has 34 heavy (non-hydrogen) atoms. The molecule has 176 valence electrons. The number of nitrogens with zero attached hydrogens (tertiary/aromatic N) is 2. The summed E-state index contributed by atoms with van der Waals surface area (Å²) >= 11 is 0. The standard InChI is InChI=1S/C26H30N6O2/c1-16(2)30-26(33)31-19-7-5-18(6-8-19)25-24(27)22-10-9-21(34-14-20-12-28-15-29-20)11-23(22)32(25)13-17-3-4-17/h5-12,15-17H,3-4,13-14,27H2,1-2H3,(H,28,29)(H2,30,31,33). The van der Waals surface area contributed by atoms with E-state index >= 15 is 0 Å². The predicted octanol–water partition coefficient (Wildman–Crippen LogP) is 5.13. The molecule has 0 spiro atoms. The van der Waals surface area contributed by atoms with Crippen LogP contribution in [-0.4, -0.2) is 26.6 Å². The van der Waals surface area contributed by atoms with Crippen LogP contribution in [0, 0.1) is 5.92 Å². The molecule has 1 aliphatic rings. The van der Waals surface area contributed by atoms with E-state index in [9.17, 15) is 4.79 Å². The first-order valence-electron chi connectivity index (χ1n) is 11.7. The number of nitrogens with two attached hydrogens (primary N) is 1. The van der Waals surface area contributed by atoms with E-state index in [2.05, 4.69) is 31.2 Å². The molecule has 5 N–H and O–H groups in total. The van der Waals surface area contributed by atoms with Gasteiger partial charge >= 0.3 is 6.03 Å². The zero-order valence-corrected chi connectivity index (χ0v) is 19.5. The second-order valence-corrected chi connectivity index (χ2v) is 9.19. The van der Waals surface area contributed by atoms with E-state index in [-0.39, 0.29) is 12.1 Å². The number of nitrogen functional groups attached to an aromatic ring is 1. The van der Waals surface area contributed by atoms with Crippen LogP contribution >= 0.6 is 0 Å². The first kappa shape index (κ1) is 21.9. The average Bonchev–Trinajstić information content (AvgIpc) is 3.39. The molecule has 1 aliphatic carbocycles. The number of urea groups is 1. The lowest BCUT2D eigenvalue weighted by molar-refractivity contribution is 0.250. The average molecular weight is 459 g/mol. The highest BCUT2D eigenvalue weighted by atomic mass is 16.5. The first-order chi connectivity index (χ1) is 16.5. The number of carbonyl (C=O) groups excluding carboxylic acids is 1. The van der Waals surface area contributed by atoms with Crippen molar-refractivity contribution in [3.05, 3.63) is 60.7 Å². The molecular formula is C26H30N6O2. The Hall–Kier alpha value is -3.94. The number of imidazole rings is 1.